The van der Waals surface area contributed by atoms with Gasteiger partial charge in [-0.1, -0.05) is 0 Å². The predicted octanol–water partition coefficient (Wildman–Crippen LogP) is 2.28. The standard InChI is InChI=1S/C15H24N2O2/c1-11-7-8-16-10-12(2)17(11)13-5-6-14(18-3)15(9-13)19-4/h5-6,9,11-12,16H,7-8,10H2,1-4H3. The van der Waals surface area contributed by atoms with E-state index in [1.807, 2.05) is 6.07 Å². The highest BCUT2D eigenvalue weighted by molar-refractivity contribution is 5.57. The van der Waals surface area contributed by atoms with Gasteiger partial charge in [0.25, 0.3) is 0 Å². The van der Waals surface area contributed by atoms with E-state index in [0.717, 1.165) is 31.0 Å². The van der Waals surface area contributed by atoms with Gasteiger partial charge >= 0.3 is 0 Å². The molecular weight excluding hydrogens is 240 g/mol. The molecule has 2 unspecified atom stereocenters. The molecule has 0 saturated carbocycles. The molecule has 2 rings (SSSR count). The first-order valence-corrected chi connectivity index (χ1v) is 6.88. The molecule has 0 amide bonds. The number of hydrogen-bond acceptors (Lipinski definition) is 4. The van der Waals surface area contributed by atoms with Crippen LogP contribution in [-0.4, -0.2) is 39.4 Å². The summed E-state index contributed by atoms with van der Waals surface area (Å²) >= 11 is 0. The van der Waals surface area contributed by atoms with E-state index in [2.05, 4.69) is 36.2 Å². The summed E-state index contributed by atoms with van der Waals surface area (Å²) in [5.41, 5.74) is 1.20. The summed E-state index contributed by atoms with van der Waals surface area (Å²) in [4.78, 5) is 2.46. The van der Waals surface area contributed by atoms with Crippen LogP contribution in [0, 0.1) is 0 Å². The summed E-state index contributed by atoms with van der Waals surface area (Å²) in [5, 5.41) is 3.48. The van der Waals surface area contributed by atoms with Crippen molar-refractivity contribution < 1.29 is 9.47 Å². The summed E-state index contributed by atoms with van der Waals surface area (Å²) in [7, 11) is 3.34. The molecule has 1 saturated heterocycles. The minimum Gasteiger partial charge on any atom is -0.493 e. The number of rotatable bonds is 3. The molecule has 1 aromatic rings. The Balaban J connectivity index is 2.33. The third-order valence-electron chi connectivity index (χ3n) is 3.79. The van der Waals surface area contributed by atoms with E-state index in [1.54, 1.807) is 14.2 Å². The average Bonchev–Trinajstić information content (AvgIpc) is 2.59. The molecule has 1 aliphatic heterocycles. The summed E-state index contributed by atoms with van der Waals surface area (Å²) in [6.45, 7) is 6.62. The van der Waals surface area contributed by atoms with E-state index in [9.17, 15) is 0 Å². The molecule has 19 heavy (non-hydrogen) atoms. The zero-order valence-electron chi connectivity index (χ0n) is 12.3. The normalized spacial score (nSPS) is 23.9. The van der Waals surface area contributed by atoms with Gasteiger partial charge in [0.1, 0.15) is 0 Å². The Labute approximate surface area is 115 Å². The molecule has 1 fully saturated rings. The SMILES string of the molecule is COc1ccc(N2C(C)CCNCC2C)cc1OC. The molecule has 1 aliphatic rings. The molecule has 1 heterocycles. The number of nitrogens with zero attached hydrogens (tertiary/aromatic N) is 1. The first-order valence-electron chi connectivity index (χ1n) is 6.88. The van der Waals surface area contributed by atoms with Gasteiger partial charge in [-0.25, -0.2) is 0 Å². The van der Waals surface area contributed by atoms with Crippen LogP contribution in [-0.2, 0) is 0 Å². The van der Waals surface area contributed by atoms with Crippen molar-refractivity contribution in [3.05, 3.63) is 18.2 Å². The zero-order chi connectivity index (χ0) is 13.8. The molecule has 0 aromatic heterocycles. The van der Waals surface area contributed by atoms with E-state index < -0.39 is 0 Å². The van der Waals surface area contributed by atoms with Gasteiger partial charge in [0, 0.05) is 30.4 Å². The molecular formula is C15H24N2O2. The van der Waals surface area contributed by atoms with Gasteiger partial charge in [-0.15, -0.1) is 0 Å². The first kappa shape index (κ1) is 14.0. The molecule has 2 atom stereocenters. The largest absolute Gasteiger partial charge is 0.493 e. The summed E-state index contributed by atoms with van der Waals surface area (Å²) in [6, 6.07) is 7.14. The molecule has 0 radical (unpaired) electrons. The Bertz CT molecular complexity index is 411. The van der Waals surface area contributed by atoms with Crippen LogP contribution in [0.1, 0.15) is 20.3 Å². The number of nitrogens with one attached hydrogen (secondary N) is 1. The fraction of sp³-hybridized carbons (Fsp3) is 0.600. The van der Waals surface area contributed by atoms with Crippen LogP contribution in [0.2, 0.25) is 0 Å². The highest BCUT2D eigenvalue weighted by Gasteiger charge is 2.23. The van der Waals surface area contributed by atoms with Crippen molar-refractivity contribution in [2.75, 3.05) is 32.2 Å². The minimum absolute atomic E-state index is 0.468. The maximum atomic E-state index is 5.40. The van der Waals surface area contributed by atoms with Crippen LogP contribution in [0.25, 0.3) is 0 Å². The Morgan fingerprint density at radius 3 is 2.53 bits per heavy atom. The van der Waals surface area contributed by atoms with E-state index >= 15 is 0 Å². The van der Waals surface area contributed by atoms with Crippen molar-refractivity contribution in [2.45, 2.75) is 32.4 Å². The van der Waals surface area contributed by atoms with E-state index in [0.29, 0.717) is 12.1 Å². The van der Waals surface area contributed by atoms with E-state index in [-0.39, 0.29) is 0 Å². The highest BCUT2D eigenvalue weighted by atomic mass is 16.5. The fourth-order valence-corrected chi connectivity index (χ4v) is 2.79. The molecule has 106 valence electrons. The van der Waals surface area contributed by atoms with E-state index in [4.69, 9.17) is 9.47 Å². The van der Waals surface area contributed by atoms with Crippen LogP contribution < -0.4 is 19.7 Å². The summed E-state index contributed by atoms with van der Waals surface area (Å²) in [5.74, 6) is 1.57. The Morgan fingerprint density at radius 2 is 1.84 bits per heavy atom. The third-order valence-corrected chi connectivity index (χ3v) is 3.79. The Kier molecular flexibility index (Phi) is 4.53. The van der Waals surface area contributed by atoms with Crippen molar-refractivity contribution in [3.8, 4) is 11.5 Å². The summed E-state index contributed by atoms with van der Waals surface area (Å²) < 4.78 is 10.7. The topological polar surface area (TPSA) is 33.7 Å². The van der Waals surface area contributed by atoms with Crippen LogP contribution in [0.5, 0.6) is 11.5 Å². The number of benzene rings is 1. The molecule has 1 N–H and O–H groups in total. The lowest BCUT2D eigenvalue weighted by atomic mass is 10.1. The third kappa shape index (κ3) is 2.95. The van der Waals surface area contributed by atoms with Crippen LogP contribution in [0.15, 0.2) is 18.2 Å². The lowest BCUT2D eigenvalue weighted by Crippen LogP contribution is -2.41. The summed E-state index contributed by atoms with van der Waals surface area (Å²) in [6.07, 6.45) is 1.15. The van der Waals surface area contributed by atoms with Crippen molar-refractivity contribution in [2.24, 2.45) is 0 Å². The van der Waals surface area contributed by atoms with E-state index in [1.165, 1.54) is 5.69 Å². The van der Waals surface area contributed by atoms with Gasteiger partial charge < -0.3 is 19.7 Å². The first-order chi connectivity index (χ1) is 9.17. The second kappa shape index (κ2) is 6.15. The second-order valence-electron chi connectivity index (χ2n) is 5.14. The van der Waals surface area contributed by atoms with Crippen LogP contribution >= 0.6 is 0 Å². The van der Waals surface area contributed by atoms with Crippen LogP contribution in [0.4, 0.5) is 5.69 Å². The van der Waals surface area contributed by atoms with Gasteiger partial charge in [0.15, 0.2) is 11.5 Å². The van der Waals surface area contributed by atoms with Crippen molar-refractivity contribution in [1.29, 1.82) is 0 Å². The highest BCUT2D eigenvalue weighted by Crippen LogP contribution is 2.33. The Hall–Kier alpha value is -1.42. The van der Waals surface area contributed by atoms with Crippen molar-refractivity contribution in [1.82, 2.24) is 5.32 Å². The lowest BCUT2D eigenvalue weighted by Gasteiger charge is -2.34. The number of anilines is 1. The van der Waals surface area contributed by atoms with Gasteiger partial charge in [-0.2, -0.15) is 0 Å². The average molecular weight is 264 g/mol. The smallest absolute Gasteiger partial charge is 0.162 e. The lowest BCUT2D eigenvalue weighted by molar-refractivity contribution is 0.355. The molecule has 4 heteroatoms. The maximum Gasteiger partial charge on any atom is 0.162 e. The molecule has 4 nitrogen and oxygen atoms in total. The predicted molar refractivity (Wildman–Crippen MR) is 78.4 cm³/mol. The zero-order valence-corrected chi connectivity index (χ0v) is 12.3. The number of ether oxygens (including phenoxy) is 2. The van der Waals surface area contributed by atoms with Gasteiger partial charge in [-0.05, 0) is 38.9 Å². The molecule has 0 bridgehead atoms. The van der Waals surface area contributed by atoms with Crippen LogP contribution in [0.3, 0.4) is 0 Å². The molecule has 0 spiro atoms. The Morgan fingerprint density at radius 1 is 1.11 bits per heavy atom. The number of methoxy groups -OCH3 is 2. The molecule has 1 aromatic carbocycles. The number of hydrogen-bond donors (Lipinski definition) is 1. The minimum atomic E-state index is 0.468. The van der Waals surface area contributed by atoms with Crippen molar-refractivity contribution in [3.63, 3.8) is 0 Å². The van der Waals surface area contributed by atoms with Crippen molar-refractivity contribution >= 4 is 5.69 Å². The van der Waals surface area contributed by atoms with Gasteiger partial charge in [-0.3, -0.25) is 0 Å². The monoisotopic (exact) mass is 264 g/mol. The second-order valence-corrected chi connectivity index (χ2v) is 5.14. The molecule has 0 aliphatic carbocycles. The van der Waals surface area contributed by atoms with Gasteiger partial charge in [0.05, 0.1) is 14.2 Å². The maximum absolute atomic E-state index is 5.40. The fourth-order valence-electron chi connectivity index (χ4n) is 2.79. The quantitative estimate of drug-likeness (QED) is 0.908. The van der Waals surface area contributed by atoms with Gasteiger partial charge in [0.2, 0.25) is 0 Å².